The van der Waals surface area contributed by atoms with Gasteiger partial charge in [0, 0.05) is 30.6 Å². The van der Waals surface area contributed by atoms with Gasteiger partial charge in [-0.1, -0.05) is 26.8 Å². The molecule has 1 aromatic carbocycles. The van der Waals surface area contributed by atoms with Gasteiger partial charge in [0.1, 0.15) is 11.4 Å². The maximum atomic E-state index is 12.4. The number of amides is 1. The Labute approximate surface area is 216 Å². The molecule has 7 heteroatoms. The maximum absolute atomic E-state index is 12.4. The van der Waals surface area contributed by atoms with Crippen molar-refractivity contribution in [3.05, 3.63) is 29.3 Å². The fourth-order valence-electron chi connectivity index (χ4n) is 6.07. The number of likely N-dealkylation sites (tertiary alicyclic amines) is 2. The summed E-state index contributed by atoms with van der Waals surface area (Å²) in [6, 6.07) is 6.98. The highest BCUT2D eigenvalue weighted by Gasteiger charge is 2.50. The SMILES string of the molecule is CC(C)C(=O)Oc1ccc2c(c1)[C@@]1(C)CCN(C)C(C2)[C@@H]1NCC1CCN(C(=O)OC(C)(C)C)CC1. The molecular formula is C29H45N3O4. The lowest BCUT2D eigenvalue weighted by Gasteiger charge is -2.55. The first-order valence-electron chi connectivity index (χ1n) is 13.6. The van der Waals surface area contributed by atoms with E-state index >= 15 is 0 Å². The standard InChI is InChI=1S/C29H45N3O4/c1-19(2)26(33)35-22-9-8-21-16-24-25(29(6,23(21)17-22)12-15-31(24)7)30-18-20-10-13-32(14-11-20)27(34)36-28(3,4)5/h8-9,17,19-20,24-25,30H,10-16,18H2,1-7H3/t24?,25-,29+/m0/s1. The molecule has 2 heterocycles. The van der Waals surface area contributed by atoms with Crippen LogP contribution in [-0.4, -0.2) is 72.8 Å². The Balaban J connectivity index is 1.43. The van der Waals surface area contributed by atoms with Gasteiger partial charge in [0.25, 0.3) is 0 Å². The van der Waals surface area contributed by atoms with Gasteiger partial charge in [0.15, 0.2) is 0 Å². The quantitative estimate of drug-likeness (QED) is 0.479. The fourth-order valence-corrected chi connectivity index (χ4v) is 6.07. The number of piperidine rings is 2. The summed E-state index contributed by atoms with van der Waals surface area (Å²) in [6.07, 6.45) is 3.83. The molecule has 2 bridgehead atoms. The number of rotatable bonds is 5. The molecule has 200 valence electrons. The number of hydrogen-bond acceptors (Lipinski definition) is 6. The third kappa shape index (κ3) is 5.72. The topological polar surface area (TPSA) is 71.1 Å². The first kappa shape index (κ1) is 26.9. The minimum absolute atomic E-state index is 0.0256. The lowest BCUT2D eigenvalue weighted by atomic mass is 9.61. The van der Waals surface area contributed by atoms with Gasteiger partial charge < -0.3 is 24.6 Å². The summed E-state index contributed by atoms with van der Waals surface area (Å²) in [7, 11) is 2.24. The number of carbonyl (C=O) groups excluding carboxylic acids is 2. The summed E-state index contributed by atoms with van der Waals surface area (Å²) in [5, 5.41) is 3.98. The van der Waals surface area contributed by atoms with Crippen LogP contribution in [0.3, 0.4) is 0 Å². The zero-order valence-corrected chi connectivity index (χ0v) is 23.2. The Kier molecular flexibility index (Phi) is 7.73. The van der Waals surface area contributed by atoms with Gasteiger partial charge in [-0.15, -0.1) is 0 Å². The zero-order chi connectivity index (χ0) is 26.3. The molecule has 36 heavy (non-hydrogen) atoms. The fraction of sp³-hybridized carbons (Fsp3) is 0.724. The van der Waals surface area contributed by atoms with E-state index in [1.165, 1.54) is 11.1 Å². The van der Waals surface area contributed by atoms with E-state index in [0.717, 1.165) is 51.9 Å². The molecule has 1 N–H and O–H groups in total. The van der Waals surface area contributed by atoms with E-state index in [9.17, 15) is 9.59 Å². The first-order chi connectivity index (χ1) is 16.9. The van der Waals surface area contributed by atoms with Gasteiger partial charge in [-0.2, -0.15) is 0 Å². The van der Waals surface area contributed by atoms with E-state index < -0.39 is 5.60 Å². The van der Waals surface area contributed by atoms with Crippen molar-refractivity contribution in [1.82, 2.24) is 15.1 Å². The van der Waals surface area contributed by atoms with Crippen molar-refractivity contribution in [2.45, 2.75) is 90.3 Å². The predicted molar refractivity (Wildman–Crippen MR) is 141 cm³/mol. The van der Waals surface area contributed by atoms with Gasteiger partial charge >= 0.3 is 12.1 Å². The van der Waals surface area contributed by atoms with Crippen molar-refractivity contribution in [3.63, 3.8) is 0 Å². The molecular weight excluding hydrogens is 454 g/mol. The minimum atomic E-state index is -0.459. The number of nitrogens with zero attached hydrogens (tertiary/aromatic N) is 2. The number of carbonyl (C=O) groups is 2. The Morgan fingerprint density at radius 2 is 1.86 bits per heavy atom. The van der Waals surface area contributed by atoms with Crippen molar-refractivity contribution in [2.24, 2.45) is 11.8 Å². The van der Waals surface area contributed by atoms with Crippen LogP contribution in [0.15, 0.2) is 18.2 Å². The van der Waals surface area contributed by atoms with Crippen LogP contribution in [0.2, 0.25) is 0 Å². The predicted octanol–water partition coefficient (Wildman–Crippen LogP) is 4.37. The summed E-state index contributed by atoms with van der Waals surface area (Å²) in [4.78, 5) is 29.0. The van der Waals surface area contributed by atoms with Gasteiger partial charge in [-0.25, -0.2) is 4.79 Å². The van der Waals surface area contributed by atoms with Crippen LogP contribution in [0.4, 0.5) is 4.79 Å². The van der Waals surface area contributed by atoms with Crippen molar-refractivity contribution in [3.8, 4) is 5.75 Å². The van der Waals surface area contributed by atoms with Crippen molar-refractivity contribution in [2.75, 3.05) is 33.2 Å². The van der Waals surface area contributed by atoms with Gasteiger partial charge in [0.05, 0.1) is 5.92 Å². The summed E-state index contributed by atoms with van der Waals surface area (Å²) in [5.41, 5.74) is 2.20. The molecule has 4 rings (SSSR count). The third-order valence-corrected chi connectivity index (χ3v) is 8.33. The molecule has 0 spiro atoms. The molecule has 7 nitrogen and oxygen atoms in total. The van der Waals surface area contributed by atoms with Crippen molar-refractivity contribution >= 4 is 12.1 Å². The maximum Gasteiger partial charge on any atom is 0.410 e. The monoisotopic (exact) mass is 499 g/mol. The molecule has 0 radical (unpaired) electrons. The van der Waals surface area contributed by atoms with E-state index in [-0.39, 0.29) is 23.4 Å². The van der Waals surface area contributed by atoms with Gasteiger partial charge in [0.2, 0.25) is 0 Å². The van der Waals surface area contributed by atoms with Crippen LogP contribution in [0, 0.1) is 11.8 Å². The largest absolute Gasteiger partial charge is 0.444 e. The number of nitrogens with one attached hydrogen (secondary N) is 1. The summed E-state index contributed by atoms with van der Waals surface area (Å²) in [5.74, 6) is 0.849. The highest BCUT2D eigenvalue weighted by Crippen LogP contribution is 2.46. The number of ether oxygens (including phenoxy) is 2. The normalized spacial score (nSPS) is 27.1. The van der Waals surface area contributed by atoms with Crippen molar-refractivity contribution < 1.29 is 19.1 Å². The third-order valence-electron chi connectivity index (χ3n) is 8.33. The molecule has 0 aromatic heterocycles. The van der Waals surface area contributed by atoms with Crippen LogP contribution >= 0.6 is 0 Å². The Hall–Kier alpha value is -2.12. The average Bonchev–Trinajstić information content (AvgIpc) is 2.80. The number of benzene rings is 1. The van der Waals surface area contributed by atoms with Crippen LogP contribution in [0.25, 0.3) is 0 Å². The first-order valence-corrected chi connectivity index (χ1v) is 13.6. The van der Waals surface area contributed by atoms with Crippen LogP contribution in [0.1, 0.15) is 71.9 Å². The summed E-state index contributed by atoms with van der Waals surface area (Å²) < 4.78 is 11.2. The molecule has 3 aliphatic rings. The average molecular weight is 500 g/mol. The highest BCUT2D eigenvalue weighted by molar-refractivity contribution is 5.74. The molecule has 1 amide bonds. The number of hydrogen-bond donors (Lipinski definition) is 1. The zero-order valence-electron chi connectivity index (χ0n) is 23.2. The molecule has 2 aliphatic heterocycles. The molecule has 2 saturated heterocycles. The van der Waals surface area contributed by atoms with Crippen molar-refractivity contribution in [1.29, 1.82) is 0 Å². The Morgan fingerprint density at radius 1 is 1.17 bits per heavy atom. The van der Waals surface area contributed by atoms with E-state index in [4.69, 9.17) is 9.47 Å². The molecule has 2 fully saturated rings. The number of fused-ring (bicyclic) bond motifs is 4. The van der Waals surface area contributed by atoms with Crippen LogP contribution in [0.5, 0.6) is 5.75 Å². The second kappa shape index (κ2) is 10.3. The van der Waals surface area contributed by atoms with E-state index in [2.05, 4.69) is 36.3 Å². The molecule has 3 atom stereocenters. The van der Waals surface area contributed by atoms with Crippen LogP contribution < -0.4 is 10.1 Å². The van der Waals surface area contributed by atoms with Gasteiger partial charge in [-0.3, -0.25) is 4.79 Å². The minimum Gasteiger partial charge on any atom is -0.444 e. The Bertz CT molecular complexity index is 964. The second-order valence-electron chi connectivity index (χ2n) is 12.6. The van der Waals surface area contributed by atoms with Crippen LogP contribution in [-0.2, 0) is 21.4 Å². The molecule has 1 unspecified atom stereocenters. The van der Waals surface area contributed by atoms with E-state index in [1.54, 1.807) is 0 Å². The van der Waals surface area contributed by atoms with Gasteiger partial charge in [-0.05, 0) is 95.8 Å². The smallest absolute Gasteiger partial charge is 0.410 e. The second-order valence-corrected chi connectivity index (χ2v) is 12.6. The summed E-state index contributed by atoms with van der Waals surface area (Å²) in [6.45, 7) is 15.3. The molecule has 1 aromatic rings. The highest BCUT2D eigenvalue weighted by atomic mass is 16.6. The molecule has 1 aliphatic carbocycles. The Morgan fingerprint density at radius 3 is 2.50 bits per heavy atom. The lowest BCUT2D eigenvalue weighted by Crippen LogP contribution is -2.66. The number of likely N-dealkylation sites (N-methyl/N-ethyl adjacent to an activating group) is 1. The summed E-state index contributed by atoms with van der Waals surface area (Å²) >= 11 is 0. The number of esters is 1. The lowest BCUT2D eigenvalue weighted by molar-refractivity contribution is -0.137. The van der Waals surface area contributed by atoms with E-state index in [0.29, 0.717) is 23.8 Å². The van der Waals surface area contributed by atoms with E-state index in [1.807, 2.05) is 45.6 Å². The molecule has 0 saturated carbocycles.